The molecule has 0 aliphatic carbocycles. The number of rotatable bonds is 5. The number of anilines is 1. The van der Waals surface area contributed by atoms with E-state index in [4.69, 9.17) is 9.47 Å². The number of H-pyrrole nitrogens is 1. The highest BCUT2D eigenvalue weighted by atomic mass is 16.5. The van der Waals surface area contributed by atoms with Crippen LogP contribution >= 0.6 is 0 Å². The van der Waals surface area contributed by atoms with Crippen LogP contribution in [0.5, 0.6) is 11.5 Å². The van der Waals surface area contributed by atoms with Gasteiger partial charge in [0.1, 0.15) is 5.56 Å². The molecule has 132 valence electrons. The average Bonchev–Trinajstić information content (AvgIpc) is 2.68. The molecule has 0 atom stereocenters. The van der Waals surface area contributed by atoms with Gasteiger partial charge in [-0.05, 0) is 41.5 Å². The molecule has 0 unspecified atom stereocenters. The van der Waals surface area contributed by atoms with Gasteiger partial charge in [0.25, 0.3) is 11.5 Å². The Balaban J connectivity index is 1.90. The Morgan fingerprint density at radius 2 is 1.73 bits per heavy atom. The molecule has 3 rings (SSSR count). The number of ether oxygens (including phenoxy) is 2. The zero-order valence-corrected chi connectivity index (χ0v) is 14.3. The maximum atomic E-state index is 12.6. The average molecular weight is 351 g/mol. The molecule has 0 saturated carbocycles. The molecule has 0 spiro atoms. The van der Waals surface area contributed by atoms with Gasteiger partial charge in [0.15, 0.2) is 11.5 Å². The molecular formula is C19H17N3O4. The second-order valence-electron chi connectivity index (χ2n) is 5.39. The van der Waals surface area contributed by atoms with Crippen molar-refractivity contribution in [2.75, 3.05) is 19.5 Å². The molecule has 0 radical (unpaired) electrons. The van der Waals surface area contributed by atoms with Gasteiger partial charge in [-0.2, -0.15) is 0 Å². The first-order valence-corrected chi connectivity index (χ1v) is 7.79. The van der Waals surface area contributed by atoms with Gasteiger partial charge < -0.3 is 19.8 Å². The first kappa shape index (κ1) is 17.2. The molecule has 3 aromatic rings. The SMILES string of the molecule is COc1ccc(NC(=O)c2cc(-c3ccncc3)c[nH]c2=O)cc1OC. The summed E-state index contributed by atoms with van der Waals surface area (Å²) in [6.45, 7) is 0. The van der Waals surface area contributed by atoms with Crippen LogP contribution in [0.25, 0.3) is 11.1 Å². The highest BCUT2D eigenvalue weighted by Crippen LogP contribution is 2.29. The third kappa shape index (κ3) is 3.56. The van der Waals surface area contributed by atoms with Crippen LogP contribution in [0.4, 0.5) is 5.69 Å². The largest absolute Gasteiger partial charge is 0.493 e. The lowest BCUT2D eigenvalue weighted by Crippen LogP contribution is -2.23. The summed E-state index contributed by atoms with van der Waals surface area (Å²) >= 11 is 0. The Morgan fingerprint density at radius 1 is 1.00 bits per heavy atom. The van der Waals surface area contributed by atoms with Crippen LogP contribution in [0.3, 0.4) is 0 Å². The maximum Gasteiger partial charge on any atom is 0.261 e. The highest BCUT2D eigenvalue weighted by Gasteiger charge is 2.14. The van der Waals surface area contributed by atoms with Crippen molar-refractivity contribution in [3.05, 3.63) is 70.9 Å². The van der Waals surface area contributed by atoms with Crippen molar-refractivity contribution in [1.29, 1.82) is 0 Å². The fraction of sp³-hybridized carbons (Fsp3) is 0.105. The Hall–Kier alpha value is -3.61. The standard InChI is InChI=1S/C19H17N3O4/c1-25-16-4-3-14(10-17(16)26-2)22-19(24)15-9-13(11-21-18(15)23)12-5-7-20-8-6-12/h3-11H,1-2H3,(H,21,23)(H,22,24). The zero-order valence-electron chi connectivity index (χ0n) is 14.3. The number of aromatic nitrogens is 2. The molecule has 0 aliphatic heterocycles. The van der Waals surface area contributed by atoms with E-state index in [1.165, 1.54) is 14.2 Å². The maximum absolute atomic E-state index is 12.6. The third-order valence-corrected chi connectivity index (χ3v) is 3.80. The molecule has 0 saturated heterocycles. The number of carbonyl (C=O) groups excluding carboxylic acids is 1. The lowest BCUT2D eigenvalue weighted by Gasteiger charge is -2.11. The summed E-state index contributed by atoms with van der Waals surface area (Å²) in [5.41, 5.74) is 1.58. The minimum atomic E-state index is -0.519. The number of methoxy groups -OCH3 is 2. The van der Waals surface area contributed by atoms with Crippen LogP contribution in [0, 0.1) is 0 Å². The van der Waals surface area contributed by atoms with E-state index < -0.39 is 11.5 Å². The summed E-state index contributed by atoms with van der Waals surface area (Å²) in [4.78, 5) is 31.2. The summed E-state index contributed by atoms with van der Waals surface area (Å²) in [6, 6.07) is 10.1. The van der Waals surface area contributed by atoms with E-state index >= 15 is 0 Å². The van der Waals surface area contributed by atoms with E-state index in [9.17, 15) is 9.59 Å². The van der Waals surface area contributed by atoms with Gasteiger partial charge in [0.05, 0.1) is 14.2 Å². The minimum Gasteiger partial charge on any atom is -0.493 e. The van der Waals surface area contributed by atoms with Crippen molar-refractivity contribution < 1.29 is 14.3 Å². The van der Waals surface area contributed by atoms with E-state index in [0.717, 1.165) is 5.56 Å². The topological polar surface area (TPSA) is 93.3 Å². The fourth-order valence-corrected chi connectivity index (χ4v) is 2.48. The van der Waals surface area contributed by atoms with Crippen molar-refractivity contribution in [3.8, 4) is 22.6 Å². The Kier molecular flexibility index (Phi) is 4.98. The summed E-state index contributed by atoms with van der Waals surface area (Å²) in [5.74, 6) is 0.502. The predicted molar refractivity (Wildman–Crippen MR) is 97.8 cm³/mol. The Labute approximate surface area is 149 Å². The summed E-state index contributed by atoms with van der Waals surface area (Å²) in [6.07, 6.45) is 4.85. The van der Waals surface area contributed by atoms with E-state index in [1.807, 2.05) is 0 Å². The minimum absolute atomic E-state index is 0.00842. The molecule has 2 N–H and O–H groups in total. The van der Waals surface area contributed by atoms with Gasteiger partial charge >= 0.3 is 0 Å². The number of carbonyl (C=O) groups is 1. The number of benzene rings is 1. The van der Waals surface area contributed by atoms with Crippen molar-refractivity contribution in [2.45, 2.75) is 0 Å². The van der Waals surface area contributed by atoms with Crippen molar-refractivity contribution in [1.82, 2.24) is 9.97 Å². The number of hydrogen-bond acceptors (Lipinski definition) is 5. The van der Waals surface area contributed by atoms with Crippen LogP contribution in [-0.4, -0.2) is 30.1 Å². The number of amides is 1. The summed E-state index contributed by atoms with van der Waals surface area (Å²) < 4.78 is 10.4. The van der Waals surface area contributed by atoms with Gasteiger partial charge in [-0.3, -0.25) is 14.6 Å². The molecule has 0 fully saturated rings. The third-order valence-electron chi connectivity index (χ3n) is 3.80. The van der Waals surface area contributed by atoms with E-state index in [-0.39, 0.29) is 5.56 Å². The normalized spacial score (nSPS) is 10.2. The van der Waals surface area contributed by atoms with Crippen LogP contribution in [0.2, 0.25) is 0 Å². The molecule has 1 aromatic carbocycles. The lowest BCUT2D eigenvalue weighted by atomic mass is 10.1. The molecule has 26 heavy (non-hydrogen) atoms. The van der Waals surface area contributed by atoms with Gasteiger partial charge in [0, 0.05) is 30.3 Å². The van der Waals surface area contributed by atoms with E-state index in [0.29, 0.717) is 22.7 Å². The van der Waals surface area contributed by atoms with Crippen LogP contribution < -0.4 is 20.3 Å². The number of pyridine rings is 2. The first-order chi connectivity index (χ1) is 12.6. The van der Waals surface area contributed by atoms with Crippen molar-refractivity contribution >= 4 is 11.6 Å². The van der Waals surface area contributed by atoms with Gasteiger partial charge in [0.2, 0.25) is 0 Å². The monoisotopic (exact) mass is 351 g/mol. The number of nitrogens with one attached hydrogen (secondary N) is 2. The smallest absolute Gasteiger partial charge is 0.261 e. The van der Waals surface area contributed by atoms with Crippen LogP contribution in [0.15, 0.2) is 59.8 Å². The van der Waals surface area contributed by atoms with Gasteiger partial charge in [-0.15, -0.1) is 0 Å². The predicted octanol–water partition coefficient (Wildman–Crippen LogP) is 2.71. The second-order valence-corrected chi connectivity index (χ2v) is 5.39. The first-order valence-electron chi connectivity index (χ1n) is 7.79. The molecule has 0 bridgehead atoms. The van der Waals surface area contributed by atoms with Gasteiger partial charge in [-0.25, -0.2) is 0 Å². The zero-order chi connectivity index (χ0) is 18.5. The Bertz CT molecular complexity index is 984. The number of aromatic amines is 1. The quantitative estimate of drug-likeness (QED) is 0.737. The van der Waals surface area contributed by atoms with Crippen LogP contribution in [-0.2, 0) is 0 Å². The molecular weight excluding hydrogens is 334 g/mol. The lowest BCUT2D eigenvalue weighted by molar-refractivity contribution is 0.102. The molecule has 0 aliphatic rings. The fourth-order valence-electron chi connectivity index (χ4n) is 2.48. The highest BCUT2D eigenvalue weighted by molar-refractivity contribution is 6.04. The van der Waals surface area contributed by atoms with E-state index in [1.54, 1.807) is 55.0 Å². The van der Waals surface area contributed by atoms with E-state index in [2.05, 4.69) is 15.3 Å². The molecule has 1 amide bonds. The number of nitrogens with zero attached hydrogens (tertiary/aromatic N) is 1. The molecule has 7 heteroatoms. The van der Waals surface area contributed by atoms with Crippen molar-refractivity contribution in [2.24, 2.45) is 0 Å². The molecule has 7 nitrogen and oxygen atoms in total. The molecule has 2 aromatic heterocycles. The van der Waals surface area contributed by atoms with Gasteiger partial charge in [-0.1, -0.05) is 0 Å². The summed E-state index contributed by atoms with van der Waals surface area (Å²) in [7, 11) is 3.03. The Morgan fingerprint density at radius 3 is 2.42 bits per heavy atom. The summed E-state index contributed by atoms with van der Waals surface area (Å²) in [5, 5.41) is 2.70. The second kappa shape index (κ2) is 7.52. The van der Waals surface area contributed by atoms with Crippen molar-refractivity contribution in [3.63, 3.8) is 0 Å². The molecule has 2 heterocycles. The van der Waals surface area contributed by atoms with Crippen LogP contribution in [0.1, 0.15) is 10.4 Å². The number of hydrogen-bond donors (Lipinski definition) is 2.